The number of esters is 1. The van der Waals surface area contributed by atoms with Gasteiger partial charge in [0, 0.05) is 18.9 Å². The smallest absolute Gasteiger partial charge is 0.337 e. The molecule has 0 aliphatic carbocycles. The van der Waals surface area contributed by atoms with Gasteiger partial charge in [0.1, 0.15) is 0 Å². The molecule has 0 aliphatic rings. The molecular formula is C11H13NO5S. The summed E-state index contributed by atoms with van der Waals surface area (Å²) in [4.78, 5) is 22.2. The topological polar surface area (TPSA) is 78.7 Å². The predicted octanol–water partition coefficient (Wildman–Crippen LogP) is 2.12. The average molecular weight is 271 g/mol. The number of methoxy groups -OCH3 is 2. The fraction of sp³-hybridized carbons (Fsp3) is 0.364. The molecule has 0 aromatic heterocycles. The van der Waals surface area contributed by atoms with E-state index in [-0.39, 0.29) is 5.69 Å². The molecule has 18 heavy (non-hydrogen) atoms. The lowest BCUT2D eigenvalue weighted by Crippen LogP contribution is -2.03. The van der Waals surface area contributed by atoms with Crippen LogP contribution >= 0.6 is 11.8 Å². The van der Waals surface area contributed by atoms with Crippen molar-refractivity contribution in [3.05, 3.63) is 33.9 Å². The van der Waals surface area contributed by atoms with E-state index in [4.69, 9.17) is 4.74 Å². The fourth-order valence-corrected chi connectivity index (χ4v) is 2.23. The Morgan fingerprint density at radius 1 is 1.44 bits per heavy atom. The molecule has 0 amide bonds. The highest BCUT2D eigenvalue weighted by Crippen LogP contribution is 2.30. The van der Waals surface area contributed by atoms with E-state index < -0.39 is 10.9 Å². The Kier molecular flexibility index (Phi) is 5.60. The second-order valence-corrected chi connectivity index (χ2v) is 4.41. The first-order chi connectivity index (χ1) is 8.60. The lowest BCUT2D eigenvalue weighted by molar-refractivity contribution is -0.387. The molecule has 1 aromatic rings. The minimum atomic E-state index is -0.515. The summed E-state index contributed by atoms with van der Waals surface area (Å²) in [6.45, 7) is 0.476. The summed E-state index contributed by atoms with van der Waals surface area (Å²) in [5.74, 6) is 0.0561. The third-order valence-electron chi connectivity index (χ3n) is 2.12. The SMILES string of the molecule is COCCSc1cc(C(=O)OC)ccc1[N+](=O)[O-]. The molecule has 0 N–H and O–H groups in total. The molecule has 6 nitrogen and oxygen atoms in total. The van der Waals surface area contributed by atoms with Gasteiger partial charge in [-0.1, -0.05) is 0 Å². The zero-order chi connectivity index (χ0) is 13.5. The molecule has 0 bridgehead atoms. The second kappa shape index (κ2) is 6.97. The van der Waals surface area contributed by atoms with Gasteiger partial charge in [-0.3, -0.25) is 10.1 Å². The Labute approximate surface area is 108 Å². The van der Waals surface area contributed by atoms with Crippen molar-refractivity contribution in [1.82, 2.24) is 0 Å². The van der Waals surface area contributed by atoms with Crippen LogP contribution in [0.2, 0.25) is 0 Å². The van der Waals surface area contributed by atoms with E-state index >= 15 is 0 Å². The van der Waals surface area contributed by atoms with Crippen molar-refractivity contribution in [2.24, 2.45) is 0 Å². The highest BCUT2D eigenvalue weighted by atomic mass is 32.2. The number of ether oxygens (including phenoxy) is 2. The third kappa shape index (κ3) is 3.71. The Balaban J connectivity index is 2.99. The van der Waals surface area contributed by atoms with Gasteiger partial charge in [0.25, 0.3) is 5.69 Å². The van der Waals surface area contributed by atoms with Crippen LogP contribution in [-0.4, -0.2) is 37.5 Å². The number of thioether (sulfide) groups is 1. The summed E-state index contributed by atoms with van der Waals surface area (Å²) in [6, 6.07) is 4.15. The fourth-order valence-electron chi connectivity index (χ4n) is 1.26. The number of benzene rings is 1. The molecule has 98 valence electrons. The molecular weight excluding hydrogens is 258 g/mol. The van der Waals surface area contributed by atoms with Gasteiger partial charge in [-0.15, -0.1) is 11.8 Å². The van der Waals surface area contributed by atoms with E-state index in [1.165, 1.54) is 37.1 Å². The van der Waals surface area contributed by atoms with Gasteiger partial charge in [-0.25, -0.2) is 4.79 Å². The van der Waals surface area contributed by atoms with Gasteiger partial charge in [-0.2, -0.15) is 0 Å². The minimum Gasteiger partial charge on any atom is -0.465 e. The summed E-state index contributed by atoms with van der Waals surface area (Å²) in [6.07, 6.45) is 0. The van der Waals surface area contributed by atoms with Crippen LogP contribution in [0.5, 0.6) is 0 Å². The quantitative estimate of drug-likeness (QED) is 0.259. The maximum atomic E-state index is 11.4. The molecule has 1 aromatic carbocycles. The van der Waals surface area contributed by atoms with Crippen molar-refractivity contribution in [3.8, 4) is 0 Å². The number of rotatable bonds is 6. The zero-order valence-electron chi connectivity index (χ0n) is 10.0. The van der Waals surface area contributed by atoms with Crippen molar-refractivity contribution in [1.29, 1.82) is 0 Å². The standard InChI is InChI=1S/C11H13NO5S/c1-16-5-6-18-10-7-8(11(13)17-2)3-4-9(10)12(14)15/h3-4,7H,5-6H2,1-2H3. The molecule has 0 unspecified atom stereocenters. The van der Waals surface area contributed by atoms with E-state index in [0.29, 0.717) is 22.8 Å². The monoisotopic (exact) mass is 271 g/mol. The average Bonchev–Trinajstić information content (AvgIpc) is 2.37. The maximum absolute atomic E-state index is 11.4. The van der Waals surface area contributed by atoms with E-state index in [9.17, 15) is 14.9 Å². The maximum Gasteiger partial charge on any atom is 0.337 e. The van der Waals surface area contributed by atoms with Gasteiger partial charge in [-0.05, 0) is 12.1 Å². The third-order valence-corrected chi connectivity index (χ3v) is 3.13. The van der Waals surface area contributed by atoms with Gasteiger partial charge in [0.15, 0.2) is 0 Å². The second-order valence-electron chi connectivity index (χ2n) is 3.27. The lowest BCUT2D eigenvalue weighted by Gasteiger charge is -2.05. The Morgan fingerprint density at radius 2 is 2.17 bits per heavy atom. The van der Waals surface area contributed by atoms with Crippen LogP contribution in [0.1, 0.15) is 10.4 Å². The number of nitro benzene ring substituents is 1. The number of carbonyl (C=O) groups excluding carboxylic acids is 1. The molecule has 0 saturated carbocycles. The molecule has 0 atom stereocenters. The van der Waals surface area contributed by atoms with Crippen molar-refractivity contribution < 1.29 is 19.2 Å². The summed E-state index contributed by atoms with van der Waals surface area (Å²) >= 11 is 1.27. The van der Waals surface area contributed by atoms with Crippen molar-refractivity contribution in [2.45, 2.75) is 4.90 Å². The molecule has 1 rings (SSSR count). The lowest BCUT2D eigenvalue weighted by atomic mass is 10.2. The predicted molar refractivity (Wildman–Crippen MR) is 67.0 cm³/mol. The Hall–Kier alpha value is -1.60. The number of nitrogens with zero attached hydrogens (tertiary/aromatic N) is 1. The summed E-state index contributed by atoms with van der Waals surface area (Å²) in [7, 11) is 2.82. The highest BCUT2D eigenvalue weighted by Gasteiger charge is 2.17. The zero-order valence-corrected chi connectivity index (χ0v) is 10.9. The van der Waals surface area contributed by atoms with Crippen LogP contribution in [0.4, 0.5) is 5.69 Å². The van der Waals surface area contributed by atoms with Crippen LogP contribution in [-0.2, 0) is 9.47 Å². The largest absolute Gasteiger partial charge is 0.465 e. The molecule has 0 saturated heterocycles. The number of nitro groups is 1. The van der Waals surface area contributed by atoms with Crippen LogP contribution in [0.3, 0.4) is 0 Å². The summed E-state index contributed by atoms with van der Waals surface area (Å²) in [5.41, 5.74) is 0.270. The van der Waals surface area contributed by atoms with Crippen molar-refractivity contribution in [3.63, 3.8) is 0 Å². The number of carbonyl (C=O) groups is 1. The molecule has 0 heterocycles. The number of hydrogen-bond donors (Lipinski definition) is 0. The molecule has 0 radical (unpaired) electrons. The van der Waals surface area contributed by atoms with Gasteiger partial charge in [0.2, 0.25) is 0 Å². The Morgan fingerprint density at radius 3 is 2.72 bits per heavy atom. The first kappa shape index (κ1) is 14.5. The normalized spacial score (nSPS) is 10.1. The van der Waals surface area contributed by atoms with E-state index in [1.807, 2.05) is 0 Å². The van der Waals surface area contributed by atoms with E-state index in [0.717, 1.165) is 0 Å². The van der Waals surface area contributed by atoms with Crippen LogP contribution < -0.4 is 0 Å². The summed E-state index contributed by atoms with van der Waals surface area (Å²) in [5, 5.41) is 10.8. The van der Waals surface area contributed by atoms with Crippen molar-refractivity contribution in [2.75, 3.05) is 26.6 Å². The molecule has 0 aliphatic heterocycles. The first-order valence-electron chi connectivity index (χ1n) is 5.08. The van der Waals surface area contributed by atoms with Crippen LogP contribution in [0.25, 0.3) is 0 Å². The Bertz CT molecular complexity index is 449. The van der Waals surface area contributed by atoms with Gasteiger partial charge in [0.05, 0.1) is 29.1 Å². The van der Waals surface area contributed by atoms with Crippen molar-refractivity contribution >= 4 is 23.4 Å². The number of hydrogen-bond acceptors (Lipinski definition) is 6. The highest BCUT2D eigenvalue weighted by molar-refractivity contribution is 7.99. The van der Waals surface area contributed by atoms with Gasteiger partial charge < -0.3 is 9.47 Å². The first-order valence-corrected chi connectivity index (χ1v) is 6.07. The van der Waals surface area contributed by atoms with Crippen LogP contribution in [0, 0.1) is 10.1 Å². The van der Waals surface area contributed by atoms with E-state index in [2.05, 4.69) is 4.74 Å². The molecule has 7 heteroatoms. The van der Waals surface area contributed by atoms with Gasteiger partial charge >= 0.3 is 5.97 Å². The van der Waals surface area contributed by atoms with E-state index in [1.54, 1.807) is 7.11 Å². The minimum absolute atomic E-state index is 0.0243. The summed E-state index contributed by atoms with van der Waals surface area (Å²) < 4.78 is 9.45. The van der Waals surface area contributed by atoms with Crippen LogP contribution in [0.15, 0.2) is 23.1 Å². The molecule has 0 spiro atoms. The molecule has 0 fully saturated rings.